The van der Waals surface area contributed by atoms with Crippen molar-refractivity contribution in [3.8, 4) is 0 Å². The van der Waals surface area contributed by atoms with Gasteiger partial charge in [0.1, 0.15) is 0 Å². The molecule has 16 heavy (non-hydrogen) atoms. The molecule has 0 radical (unpaired) electrons. The Balaban J connectivity index is 1.94. The third-order valence-corrected chi connectivity index (χ3v) is 3.84. The number of hydrogen-bond acceptors (Lipinski definition) is 2. The van der Waals surface area contributed by atoms with E-state index in [2.05, 4.69) is 51.7 Å². The Morgan fingerprint density at radius 2 is 2.06 bits per heavy atom. The fraction of sp³-hybridized carbons (Fsp3) is 0.538. The zero-order valence-corrected chi connectivity index (χ0v) is 11.5. The van der Waals surface area contributed by atoms with E-state index in [0.29, 0.717) is 5.41 Å². The van der Waals surface area contributed by atoms with Crippen LogP contribution in [0.15, 0.2) is 22.7 Å². The number of rotatable bonds is 5. The van der Waals surface area contributed by atoms with Gasteiger partial charge in [-0.25, -0.2) is 0 Å². The quantitative estimate of drug-likeness (QED) is 0.867. The summed E-state index contributed by atoms with van der Waals surface area (Å²) in [6, 6.07) is 6.39. The van der Waals surface area contributed by atoms with E-state index >= 15 is 0 Å². The van der Waals surface area contributed by atoms with Crippen LogP contribution in [0.4, 0.5) is 5.69 Å². The molecule has 2 nitrogen and oxygen atoms in total. The second-order valence-electron chi connectivity index (χ2n) is 4.84. The molecular weight excluding hydrogens is 264 g/mol. The lowest BCUT2D eigenvalue weighted by Crippen LogP contribution is -2.27. The van der Waals surface area contributed by atoms with Crippen molar-refractivity contribution in [2.24, 2.45) is 5.41 Å². The van der Waals surface area contributed by atoms with Gasteiger partial charge in [-0.2, -0.15) is 0 Å². The number of halogens is 1. The van der Waals surface area contributed by atoms with Gasteiger partial charge in [-0.05, 0) is 50.6 Å². The van der Waals surface area contributed by atoms with Crippen LogP contribution in [0.2, 0.25) is 0 Å². The second kappa shape index (κ2) is 4.76. The standard InChI is InChI=1S/C13H19BrN2/c1-10-7-11(14)3-4-12(10)16-9-13(5-6-13)8-15-2/h3-4,7,15-16H,5-6,8-9H2,1-2H3. The second-order valence-corrected chi connectivity index (χ2v) is 5.76. The third kappa shape index (κ3) is 2.77. The SMILES string of the molecule is CNCC1(CNc2ccc(Br)cc2C)CC1. The lowest BCUT2D eigenvalue weighted by atomic mass is 10.1. The fourth-order valence-corrected chi connectivity index (χ4v) is 2.55. The smallest absolute Gasteiger partial charge is 0.0370 e. The van der Waals surface area contributed by atoms with Crippen molar-refractivity contribution < 1.29 is 0 Å². The van der Waals surface area contributed by atoms with E-state index in [4.69, 9.17) is 0 Å². The normalized spacial score (nSPS) is 17.2. The molecule has 1 aliphatic rings. The summed E-state index contributed by atoms with van der Waals surface area (Å²) in [7, 11) is 2.03. The maximum absolute atomic E-state index is 3.57. The monoisotopic (exact) mass is 282 g/mol. The molecule has 0 bridgehead atoms. The Hall–Kier alpha value is -0.540. The Labute approximate surface area is 106 Å². The van der Waals surface area contributed by atoms with E-state index in [1.165, 1.54) is 24.1 Å². The van der Waals surface area contributed by atoms with Gasteiger partial charge in [0, 0.05) is 28.7 Å². The van der Waals surface area contributed by atoms with Crippen molar-refractivity contribution in [3.63, 3.8) is 0 Å². The molecule has 0 spiro atoms. The van der Waals surface area contributed by atoms with Gasteiger partial charge in [0.25, 0.3) is 0 Å². The van der Waals surface area contributed by atoms with E-state index in [0.717, 1.165) is 17.6 Å². The van der Waals surface area contributed by atoms with Crippen molar-refractivity contribution in [2.75, 3.05) is 25.5 Å². The van der Waals surface area contributed by atoms with Crippen molar-refractivity contribution in [2.45, 2.75) is 19.8 Å². The highest BCUT2D eigenvalue weighted by Gasteiger charge is 2.41. The average Bonchev–Trinajstić information content (AvgIpc) is 2.98. The maximum Gasteiger partial charge on any atom is 0.0370 e. The molecule has 2 rings (SSSR count). The summed E-state index contributed by atoms with van der Waals surface area (Å²) in [5.74, 6) is 0. The molecule has 3 heteroatoms. The van der Waals surface area contributed by atoms with Gasteiger partial charge in [-0.3, -0.25) is 0 Å². The van der Waals surface area contributed by atoms with Gasteiger partial charge in [-0.15, -0.1) is 0 Å². The van der Waals surface area contributed by atoms with Crippen molar-refractivity contribution in [3.05, 3.63) is 28.2 Å². The largest absolute Gasteiger partial charge is 0.384 e. The first-order chi connectivity index (χ1) is 7.65. The minimum absolute atomic E-state index is 0.508. The molecule has 0 aromatic heterocycles. The molecule has 0 unspecified atom stereocenters. The van der Waals surface area contributed by atoms with Crippen LogP contribution in [0.1, 0.15) is 18.4 Å². The Morgan fingerprint density at radius 1 is 1.31 bits per heavy atom. The minimum Gasteiger partial charge on any atom is -0.384 e. The molecule has 1 aliphatic carbocycles. The topological polar surface area (TPSA) is 24.1 Å². The Bertz CT molecular complexity index is 372. The Kier molecular flexibility index (Phi) is 3.55. The lowest BCUT2D eigenvalue weighted by Gasteiger charge is -2.17. The zero-order valence-electron chi connectivity index (χ0n) is 9.94. The number of aryl methyl sites for hydroxylation is 1. The number of nitrogens with one attached hydrogen (secondary N) is 2. The Morgan fingerprint density at radius 3 is 2.62 bits per heavy atom. The molecule has 0 saturated heterocycles. The summed E-state index contributed by atoms with van der Waals surface area (Å²) in [5.41, 5.74) is 3.06. The first-order valence-corrected chi connectivity index (χ1v) is 6.59. The van der Waals surface area contributed by atoms with E-state index < -0.39 is 0 Å². The summed E-state index contributed by atoms with van der Waals surface area (Å²) in [6.45, 7) is 4.34. The summed E-state index contributed by atoms with van der Waals surface area (Å²) in [6.07, 6.45) is 2.69. The molecule has 1 aromatic carbocycles. The molecule has 88 valence electrons. The number of benzene rings is 1. The van der Waals surface area contributed by atoms with E-state index in [1.807, 2.05) is 7.05 Å². The highest BCUT2D eigenvalue weighted by Crippen LogP contribution is 2.45. The van der Waals surface area contributed by atoms with Crippen LogP contribution in [0.25, 0.3) is 0 Å². The highest BCUT2D eigenvalue weighted by atomic mass is 79.9. The van der Waals surface area contributed by atoms with E-state index in [1.54, 1.807) is 0 Å². The van der Waals surface area contributed by atoms with Crippen molar-refractivity contribution in [1.82, 2.24) is 5.32 Å². The van der Waals surface area contributed by atoms with Gasteiger partial charge >= 0.3 is 0 Å². The fourth-order valence-electron chi connectivity index (χ4n) is 2.08. The lowest BCUT2D eigenvalue weighted by molar-refractivity contribution is 0.507. The van der Waals surface area contributed by atoms with Gasteiger partial charge < -0.3 is 10.6 Å². The number of hydrogen-bond donors (Lipinski definition) is 2. The van der Waals surface area contributed by atoms with Gasteiger partial charge in [0.2, 0.25) is 0 Å². The molecular formula is C13H19BrN2. The van der Waals surface area contributed by atoms with Crippen LogP contribution in [-0.2, 0) is 0 Å². The molecule has 1 aromatic rings. The summed E-state index contributed by atoms with van der Waals surface area (Å²) < 4.78 is 1.15. The van der Waals surface area contributed by atoms with Crippen LogP contribution in [0.3, 0.4) is 0 Å². The molecule has 0 aliphatic heterocycles. The molecule has 1 saturated carbocycles. The van der Waals surface area contributed by atoms with E-state index in [-0.39, 0.29) is 0 Å². The molecule has 1 fully saturated rings. The van der Waals surface area contributed by atoms with E-state index in [9.17, 15) is 0 Å². The van der Waals surface area contributed by atoms with Gasteiger partial charge in [-0.1, -0.05) is 15.9 Å². The molecule has 0 atom stereocenters. The zero-order chi connectivity index (χ0) is 11.6. The predicted molar refractivity (Wildman–Crippen MR) is 73.0 cm³/mol. The number of anilines is 1. The maximum atomic E-state index is 3.57. The van der Waals surface area contributed by atoms with Crippen LogP contribution < -0.4 is 10.6 Å². The van der Waals surface area contributed by atoms with Crippen LogP contribution in [0, 0.1) is 12.3 Å². The third-order valence-electron chi connectivity index (χ3n) is 3.35. The summed E-state index contributed by atoms with van der Waals surface area (Å²) in [5, 5.41) is 6.85. The first-order valence-electron chi connectivity index (χ1n) is 5.80. The molecule has 2 N–H and O–H groups in total. The minimum atomic E-state index is 0.508. The molecule has 0 heterocycles. The highest BCUT2D eigenvalue weighted by molar-refractivity contribution is 9.10. The van der Waals surface area contributed by atoms with Crippen molar-refractivity contribution in [1.29, 1.82) is 0 Å². The predicted octanol–water partition coefficient (Wildman–Crippen LogP) is 3.17. The van der Waals surface area contributed by atoms with Crippen molar-refractivity contribution >= 4 is 21.6 Å². The van der Waals surface area contributed by atoms with Crippen LogP contribution in [-0.4, -0.2) is 20.1 Å². The van der Waals surface area contributed by atoms with Crippen LogP contribution in [0.5, 0.6) is 0 Å². The average molecular weight is 283 g/mol. The summed E-state index contributed by atoms with van der Waals surface area (Å²) >= 11 is 3.49. The first kappa shape index (κ1) is 11.9. The van der Waals surface area contributed by atoms with Gasteiger partial charge in [0.05, 0.1) is 0 Å². The molecule has 0 amide bonds. The summed E-state index contributed by atoms with van der Waals surface area (Å²) in [4.78, 5) is 0. The van der Waals surface area contributed by atoms with Crippen LogP contribution >= 0.6 is 15.9 Å². The van der Waals surface area contributed by atoms with Gasteiger partial charge in [0.15, 0.2) is 0 Å².